The zero-order valence-electron chi connectivity index (χ0n) is 10.9. The lowest BCUT2D eigenvalue weighted by Crippen LogP contribution is -2.33. The molecule has 0 bridgehead atoms. The van der Waals surface area contributed by atoms with Crippen LogP contribution in [-0.4, -0.2) is 27.0 Å². The number of carboxylic acid groups (broad SMARTS) is 1. The van der Waals surface area contributed by atoms with Gasteiger partial charge in [-0.25, -0.2) is 4.98 Å². The number of carbonyl (C=O) groups is 2. The second kappa shape index (κ2) is 5.86. The zero-order valence-corrected chi connectivity index (χ0v) is 10.9. The molecule has 1 heterocycles. The SMILES string of the molecule is CCC(NC(=O)[C@@H]1CC[C@H](C(=O)O)C1)c1ncc[nH]1. The Labute approximate surface area is 111 Å². The molecule has 1 aliphatic rings. The Morgan fingerprint density at radius 3 is 2.79 bits per heavy atom. The normalized spacial score (nSPS) is 24.1. The molecule has 3 N–H and O–H groups in total. The van der Waals surface area contributed by atoms with Crippen molar-refractivity contribution in [1.29, 1.82) is 0 Å². The Balaban J connectivity index is 1.92. The van der Waals surface area contributed by atoms with Crippen LogP contribution in [0.3, 0.4) is 0 Å². The molecule has 0 saturated heterocycles. The number of carbonyl (C=O) groups excluding carboxylic acids is 1. The highest BCUT2D eigenvalue weighted by Gasteiger charge is 2.34. The smallest absolute Gasteiger partial charge is 0.306 e. The highest BCUT2D eigenvalue weighted by atomic mass is 16.4. The molecule has 1 fully saturated rings. The molecule has 0 spiro atoms. The van der Waals surface area contributed by atoms with Gasteiger partial charge in [-0.05, 0) is 25.7 Å². The van der Waals surface area contributed by atoms with Crippen LogP contribution in [-0.2, 0) is 9.59 Å². The molecule has 0 radical (unpaired) electrons. The van der Waals surface area contributed by atoms with Crippen molar-refractivity contribution in [3.8, 4) is 0 Å². The van der Waals surface area contributed by atoms with Gasteiger partial charge in [0.1, 0.15) is 5.82 Å². The van der Waals surface area contributed by atoms with Crippen LogP contribution in [0.15, 0.2) is 12.4 Å². The largest absolute Gasteiger partial charge is 0.481 e. The van der Waals surface area contributed by atoms with Crippen molar-refractivity contribution in [3.63, 3.8) is 0 Å². The highest BCUT2D eigenvalue weighted by molar-refractivity contribution is 5.81. The van der Waals surface area contributed by atoms with Crippen molar-refractivity contribution >= 4 is 11.9 Å². The third-order valence-electron chi connectivity index (χ3n) is 3.73. The van der Waals surface area contributed by atoms with Gasteiger partial charge in [-0.3, -0.25) is 9.59 Å². The molecule has 1 amide bonds. The summed E-state index contributed by atoms with van der Waals surface area (Å²) in [6.45, 7) is 1.97. The van der Waals surface area contributed by atoms with Crippen LogP contribution in [0.25, 0.3) is 0 Å². The Morgan fingerprint density at radius 1 is 1.53 bits per heavy atom. The number of amides is 1. The predicted octanol–water partition coefficient (Wildman–Crippen LogP) is 1.48. The van der Waals surface area contributed by atoms with E-state index in [1.165, 1.54) is 0 Å². The average molecular weight is 265 g/mol. The molecule has 1 aromatic heterocycles. The van der Waals surface area contributed by atoms with Crippen molar-refractivity contribution in [1.82, 2.24) is 15.3 Å². The van der Waals surface area contributed by atoms with Gasteiger partial charge in [0.05, 0.1) is 12.0 Å². The number of imidazole rings is 1. The van der Waals surface area contributed by atoms with Crippen molar-refractivity contribution in [2.45, 2.75) is 38.6 Å². The molecule has 1 aliphatic carbocycles. The highest BCUT2D eigenvalue weighted by Crippen LogP contribution is 2.31. The summed E-state index contributed by atoms with van der Waals surface area (Å²) in [4.78, 5) is 30.2. The number of aliphatic carboxylic acids is 1. The minimum Gasteiger partial charge on any atom is -0.481 e. The molecule has 6 nitrogen and oxygen atoms in total. The van der Waals surface area contributed by atoms with E-state index in [9.17, 15) is 9.59 Å². The van der Waals surface area contributed by atoms with Crippen molar-refractivity contribution in [2.24, 2.45) is 11.8 Å². The van der Waals surface area contributed by atoms with Crippen molar-refractivity contribution in [3.05, 3.63) is 18.2 Å². The summed E-state index contributed by atoms with van der Waals surface area (Å²) < 4.78 is 0. The molecular formula is C13H19N3O3. The van der Waals surface area contributed by atoms with E-state index in [2.05, 4.69) is 15.3 Å². The van der Waals surface area contributed by atoms with E-state index in [4.69, 9.17) is 5.11 Å². The Kier molecular flexibility index (Phi) is 4.19. The standard InChI is InChI=1S/C13H19N3O3/c1-2-10(11-14-5-6-15-11)16-12(17)8-3-4-9(7-8)13(18)19/h5-6,8-10H,2-4,7H2,1H3,(H,14,15)(H,16,17)(H,18,19)/t8-,9+,10?/m1/s1. The summed E-state index contributed by atoms with van der Waals surface area (Å²) in [5.74, 6) is -0.687. The molecule has 104 valence electrons. The van der Waals surface area contributed by atoms with Gasteiger partial charge in [-0.2, -0.15) is 0 Å². The topological polar surface area (TPSA) is 95.1 Å². The minimum absolute atomic E-state index is 0.0630. The first-order valence-corrected chi connectivity index (χ1v) is 6.64. The number of H-pyrrole nitrogens is 1. The summed E-state index contributed by atoms with van der Waals surface area (Å²) >= 11 is 0. The van der Waals surface area contributed by atoms with Gasteiger partial charge in [0, 0.05) is 18.3 Å². The molecule has 6 heteroatoms. The summed E-state index contributed by atoms with van der Waals surface area (Å²) in [6.07, 6.45) is 5.80. The first kappa shape index (κ1) is 13.6. The maximum absolute atomic E-state index is 12.1. The Hall–Kier alpha value is -1.85. The van der Waals surface area contributed by atoms with Gasteiger partial charge >= 0.3 is 5.97 Å². The van der Waals surface area contributed by atoms with Crippen LogP contribution in [0.1, 0.15) is 44.5 Å². The molecule has 2 rings (SSSR count). The van der Waals surface area contributed by atoms with Crippen LogP contribution >= 0.6 is 0 Å². The monoisotopic (exact) mass is 265 g/mol. The number of hydrogen-bond donors (Lipinski definition) is 3. The van der Waals surface area contributed by atoms with Crippen molar-refractivity contribution < 1.29 is 14.7 Å². The summed E-state index contributed by atoms with van der Waals surface area (Å²) in [6, 6.07) is -0.133. The van der Waals surface area contributed by atoms with Gasteiger partial charge in [-0.1, -0.05) is 6.92 Å². The molecule has 0 aromatic carbocycles. The van der Waals surface area contributed by atoms with Crippen LogP contribution in [0, 0.1) is 11.8 Å². The van der Waals surface area contributed by atoms with E-state index in [0.717, 1.165) is 12.2 Å². The van der Waals surface area contributed by atoms with Crippen LogP contribution in [0.5, 0.6) is 0 Å². The quantitative estimate of drug-likeness (QED) is 0.751. The Morgan fingerprint density at radius 2 is 2.26 bits per heavy atom. The maximum Gasteiger partial charge on any atom is 0.306 e. The minimum atomic E-state index is -0.798. The average Bonchev–Trinajstić information content (AvgIpc) is 3.05. The number of aromatic amines is 1. The lowest BCUT2D eigenvalue weighted by atomic mass is 10.0. The maximum atomic E-state index is 12.1. The number of nitrogens with one attached hydrogen (secondary N) is 2. The lowest BCUT2D eigenvalue weighted by molar-refractivity contribution is -0.141. The molecule has 19 heavy (non-hydrogen) atoms. The van der Waals surface area contributed by atoms with Gasteiger partial charge in [0.2, 0.25) is 5.91 Å². The summed E-state index contributed by atoms with van der Waals surface area (Å²) in [7, 11) is 0. The van der Waals surface area contributed by atoms with E-state index in [1.54, 1.807) is 12.4 Å². The van der Waals surface area contributed by atoms with E-state index in [-0.39, 0.29) is 23.8 Å². The fourth-order valence-electron chi connectivity index (χ4n) is 2.57. The van der Waals surface area contributed by atoms with E-state index in [1.807, 2.05) is 6.92 Å². The van der Waals surface area contributed by atoms with E-state index >= 15 is 0 Å². The molecule has 1 unspecified atom stereocenters. The molecular weight excluding hydrogens is 246 g/mol. The number of hydrogen-bond acceptors (Lipinski definition) is 3. The first-order valence-electron chi connectivity index (χ1n) is 6.64. The summed E-state index contributed by atoms with van der Waals surface area (Å²) in [5, 5.41) is 11.9. The molecule has 0 aliphatic heterocycles. The zero-order chi connectivity index (χ0) is 13.8. The van der Waals surface area contributed by atoms with Crippen LogP contribution in [0.4, 0.5) is 0 Å². The molecule has 3 atom stereocenters. The van der Waals surface area contributed by atoms with Gasteiger partial charge in [0.15, 0.2) is 0 Å². The predicted molar refractivity (Wildman–Crippen MR) is 68.2 cm³/mol. The second-order valence-electron chi connectivity index (χ2n) is 4.99. The number of carboxylic acids is 1. The van der Waals surface area contributed by atoms with Gasteiger partial charge < -0.3 is 15.4 Å². The number of nitrogens with zero attached hydrogens (tertiary/aromatic N) is 1. The first-order chi connectivity index (χ1) is 9.11. The fourth-order valence-corrected chi connectivity index (χ4v) is 2.57. The fraction of sp³-hybridized carbons (Fsp3) is 0.615. The third-order valence-corrected chi connectivity index (χ3v) is 3.73. The summed E-state index contributed by atoms with van der Waals surface area (Å²) in [5.41, 5.74) is 0. The molecule has 1 aromatic rings. The number of aromatic nitrogens is 2. The van der Waals surface area contributed by atoms with Crippen LogP contribution < -0.4 is 5.32 Å². The van der Waals surface area contributed by atoms with Crippen LogP contribution in [0.2, 0.25) is 0 Å². The van der Waals surface area contributed by atoms with E-state index < -0.39 is 5.97 Å². The molecule has 1 saturated carbocycles. The van der Waals surface area contributed by atoms with Gasteiger partial charge in [0.25, 0.3) is 0 Å². The number of rotatable bonds is 5. The second-order valence-corrected chi connectivity index (χ2v) is 4.99. The third kappa shape index (κ3) is 3.13. The Bertz CT molecular complexity index is 444. The van der Waals surface area contributed by atoms with Gasteiger partial charge in [-0.15, -0.1) is 0 Å². The van der Waals surface area contributed by atoms with Crippen molar-refractivity contribution in [2.75, 3.05) is 0 Å². The lowest BCUT2D eigenvalue weighted by Gasteiger charge is -2.17. The van der Waals surface area contributed by atoms with E-state index in [0.29, 0.717) is 19.3 Å².